The normalized spacial score (nSPS) is 24.7. The molecule has 2 aliphatic rings. The van der Waals surface area contributed by atoms with Crippen molar-refractivity contribution >= 4 is 10.0 Å². The number of quaternary nitrogens is 1. The molecule has 0 radical (unpaired) electrons. The van der Waals surface area contributed by atoms with Gasteiger partial charge in [0.2, 0.25) is 10.0 Å². The molecule has 1 N–H and O–H groups in total. The first-order valence-corrected chi connectivity index (χ1v) is 9.70. The minimum Gasteiger partial charge on any atom is -0.372 e. The van der Waals surface area contributed by atoms with Gasteiger partial charge < -0.3 is 9.64 Å². The summed E-state index contributed by atoms with van der Waals surface area (Å²) in [5.74, 6) is -0.425. The summed E-state index contributed by atoms with van der Waals surface area (Å²) >= 11 is 0. The van der Waals surface area contributed by atoms with Gasteiger partial charge in [-0.15, -0.1) is 0 Å². The van der Waals surface area contributed by atoms with Gasteiger partial charge in [0.15, 0.2) is 0 Å². The molecule has 0 aromatic heterocycles. The molecule has 1 aromatic rings. The number of ether oxygens (including phenoxy) is 1. The number of hydrogen-bond donors (Lipinski definition) is 1. The van der Waals surface area contributed by atoms with E-state index in [1.165, 1.54) is 39.9 Å². The molecule has 0 aliphatic carbocycles. The van der Waals surface area contributed by atoms with Crippen LogP contribution in [0.3, 0.4) is 0 Å². The van der Waals surface area contributed by atoms with Crippen LogP contribution in [0, 0.1) is 5.82 Å². The molecule has 0 spiro atoms. The maximum atomic E-state index is 13.0. The SMILES string of the molecule is O=S(=O)(c1ccc(F)cc1)N1CC[NH+](C[C@H]2CCCCO2)CC1. The van der Waals surface area contributed by atoms with Crippen molar-refractivity contribution in [2.75, 3.05) is 39.3 Å². The van der Waals surface area contributed by atoms with Crippen molar-refractivity contribution in [3.8, 4) is 0 Å². The van der Waals surface area contributed by atoms with Crippen molar-refractivity contribution in [2.45, 2.75) is 30.3 Å². The zero-order chi connectivity index (χ0) is 16.3. The molecule has 2 heterocycles. The molecule has 0 saturated carbocycles. The van der Waals surface area contributed by atoms with E-state index >= 15 is 0 Å². The lowest BCUT2D eigenvalue weighted by Gasteiger charge is -2.34. The summed E-state index contributed by atoms with van der Waals surface area (Å²) in [4.78, 5) is 1.57. The van der Waals surface area contributed by atoms with Crippen molar-refractivity contribution in [2.24, 2.45) is 0 Å². The van der Waals surface area contributed by atoms with Crippen LogP contribution in [0.4, 0.5) is 4.39 Å². The van der Waals surface area contributed by atoms with E-state index in [1.54, 1.807) is 0 Å². The highest BCUT2D eigenvalue weighted by molar-refractivity contribution is 7.89. The number of halogens is 1. The third-order valence-corrected chi connectivity index (χ3v) is 6.58. The molecule has 0 amide bonds. The first kappa shape index (κ1) is 16.8. The topological polar surface area (TPSA) is 51.0 Å². The molecule has 1 aromatic carbocycles. The van der Waals surface area contributed by atoms with Crippen LogP contribution in [0.1, 0.15) is 19.3 Å². The van der Waals surface area contributed by atoms with Crippen molar-refractivity contribution in [1.29, 1.82) is 0 Å². The quantitative estimate of drug-likeness (QED) is 0.855. The molecule has 2 saturated heterocycles. The fraction of sp³-hybridized carbons (Fsp3) is 0.625. The molecule has 2 aliphatic heterocycles. The second-order valence-electron chi connectivity index (χ2n) is 6.30. The minimum absolute atomic E-state index is 0.165. The molecule has 23 heavy (non-hydrogen) atoms. The Kier molecular flexibility index (Phi) is 5.31. The van der Waals surface area contributed by atoms with Crippen LogP contribution >= 0.6 is 0 Å². The van der Waals surface area contributed by atoms with Gasteiger partial charge in [-0.05, 0) is 43.5 Å². The Morgan fingerprint density at radius 2 is 1.87 bits per heavy atom. The lowest BCUT2D eigenvalue weighted by molar-refractivity contribution is -0.907. The summed E-state index contributed by atoms with van der Waals surface area (Å²) in [7, 11) is -3.51. The second kappa shape index (κ2) is 7.25. The Hall–Kier alpha value is -1.02. The van der Waals surface area contributed by atoms with Crippen LogP contribution in [-0.4, -0.2) is 58.2 Å². The third kappa shape index (κ3) is 4.09. The van der Waals surface area contributed by atoms with Gasteiger partial charge in [0.25, 0.3) is 0 Å². The van der Waals surface area contributed by atoms with E-state index in [1.807, 2.05) is 0 Å². The van der Waals surface area contributed by atoms with Gasteiger partial charge in [-0.3, -0.25) is 0 Å². The molecule has 5 nitrogen and oxygen atoms in total. The highest BCUT2D eigenvalue weighted by atomic mass is 32.2. The van der Waals surface area contributed by atoms with Gasteiger partial charge in [0.1, 0.15) is 18.5 Å². The molecule has 128 valence electrons. The monoisotopic (exact) mass is 343 g/mol. The first-order valence-electron chi connectivity index (χ1n) is 8.26. The van der Waals surface area contributed by atoms with Gasteiger partial charge in [-0.1, -0.05) is 0 Å². The maximum absolute atomic E-state index is 13.0. The third-order valence-electron chi connectivity index (χ3n) is 4.67. The average molecular weight is 343 g/mol. The number of sulfonamides is 1. The molecule has 0 bridgehead atoms. The van der Waals surface area contributed by atoms with E-state index in [2.05, 4.69) is 0 Å². The van der Waals surface area contributed by atoms with E-state index in [0.717, 1.165) is 39.1 Å². The van der Waals surface area contributed by atoms with Crippen molar-refractivity contribution in [3.05, 3.63) is 30.1 Å². The van der Waals surface area contributed by atoms with Crippen molar-refractivity contribution in [3.63, 3.8) is 0 Å². The molecule has 0 unspecified atom stereocenters. The van der Waals surface area contributed by atoms with E-state index in [4.69, 9.17) is 4.74 Å². The molecule has 7 heteroatoms. The van der Waals surface area contributed by atoms with Crippen LogP contribution in [-0.2, 0) is 14.8 Å². The fourth-order valence-electron chi connectivity index (χ4n) is 3.29. The summed E-state index contributed by atoms with van der Waals surface area (Å²) in [6.07, 6.45) is 3.80. The summed E-state index contributed by atoms with van der Waals surface area (Å²) in [6.45, 7) is 4.40. The summed E-state index contributed by atoms with van der Waals surface area (Å²) < 4.78 is 45.4. The number of nitrogens with zero attached hydrogens (tertiary/aromatic N) is 1. The summed E-state index contributed by atoms with van der Waals surface area (Å²) in [6, 6.07) is 5.04. The maximum Gasteiger partial charge on any atom is 0.243 e. The zero-order valence-electron chi connectivity index (χ0n) is 13.2. The van der Waals surface area contributed by atoms with Gasteiger partial charge >= 0.3 is 0 Å². The van der Waals surface area contributed by atoms with E-state index in [0.29, 0.717) is 19.2 Å². The van der Waals surface area contributed by atoms with Crippen LogP contribution in [0.25, 0.3) is 0 Å². The lowest BCUT2D eigenvalue weighted by atomic mass is 10.1. The zero-order valence-corrected chi connectivity index (χ0v) is 14.0. The molecule has 2 fully saturated rings. The Morgan fingerprint density at radius 1 is 1.17 bits per heavy atom. The largest absolute Gasteiger partial charge is 0.372 e. The minimum atomic E-state index is -3.51. The molecular formula is C16H24FN2O3S+. The Bertz CT molecular complexity index is 607. The van der Waals surface area contributed by atoms with E-state index in [9.17, 15) is 12.8 Å². The van der Waals surface area contributed by atoms with Gasteiger partial charge in [0.05, 0.1) is 31.1 Å². The second-order valence-corrected chi connectivity index (χ2v) is 8.24. The number of hydrogen-bond acceptors (Lipinski definition) is 3. The van der Waals surface area contributed by atoms with E-state index in [-0.39, 0.29) is 4.90 Å². The summed E-state index contributed by atoms with van der Waals surface area (Å²) in [5.41, 5.74) is 0. The van der Waals surface area contributed by atoms with Crippen LogP contribution in [0.15, 0.2) is 29.2 Å². The lowest BCUT2D eigenvalue weighted by Crippen LogP contribution is -3.15. The highest BCUT2D eigenvalue weighted by Crippen LogP contribution is 2.16. The number of rotatable bonds is 4. The fourth-order valence-corrected chi connectivity index (χ4v) is 4.73. The standard InChI is InChI=1S/C16H23FN2O3S/c17-14-4-6-16(7-5-14)23(20,21)19-10-8-18(9-11-19)13-15-3-1-2-12-22-15/h4-7,15H,1-3,8-13H2/p+1/t15-/m1/s1. The van der Waals surface area contributed by atoms with Crippen LogP contribution in [0.5, 0.6) is 0 Å². The number of benzene rings is 1. The van der Waals surface area contributed by atoms with Crippen LogP contribution in [0.2, 0.25) is 0 Å². The van der Waals surface area contributed by atoms with Gasteiger partial charge in [0, 0.05) is 6.61 Å². The van der Waals surface area contributed by atoms with E-state index < -0.39 is 15.8 Å². The predicted octanol–water partition coefficient (Wildman–Crippen LogP) is 0.284. The first-order chi connectivity index (χ1) is 11.1. The van der Waals surface area contributed by atoms with Gasteiger partial charge in [-0.2, -0.15) is 4.31 Å². The molecular weight excluding hydrogens is 319 g/mol. The van der Waals surface area contributed by atoms with Crippen molar-refractivity contribution in [1.82, 2.24) is 4.31 Å². The summed E-state index contributed by atoms with van der Waals surface area (Å²) in [5, 5.41) is 0. The number of nitrogens with one attached hydrogen (secondary N) is 1. The predicted molar refractivity (Wildman–Crippen MR) is 84.3 cm³/mol. The smallest absolute Gasteiger partial charge is 0.243 e. The Morgan fingerprint density at radius 3 is 2.48 bits per heavy atom. The van der Waals surface area contributed by atoms with Crippen LogP contribution < -0.4 is 4.90 Å². The van der Waals surface area contributed by atoms with Gasteiger partial charge in [-0.25, -0.2) is 12.8 Å². The van der Waals surface area contributed by atoms with Crippen molar-refractivity contribution < 1.29 is 22.4 Å². The molecule has 1 atom stereocenters. The highest BCUT2D eigenvalue weighted by Gasteiger charge is 2.31. The Balaban J connectivity index is 1.56. The number of piperazine rings is 1. The Labute approximate surface area is 137 Å². The average Bonchev–Trinajstić information content (AvgIpc) is 2.57. The molecule has 3 rings (SSSR count).